The Kier molecular flexibility index (Phi) is 5.00. The fourth-order valence-electron chi connectivity index (χ4n) is 2.24. The lowest BCUT2D eigenvalue weighted by molar-refractivity contribution is 0.0298. The van der Waals surface area contributed by atoms with Crippen LogP contribution in [0.2, 0.25) is 0 Å². The topological polar surface area (TPSA) is 46.6 Å². The molecule has 1 fully saturated rings. The highest BCUT2D eigenvalue weighted by atomic mass is 32.2. The molecule has 2 atom stereocenters. The van der Waals surface area contributed by atoms with Gasteiger partial charge in [0.25, 0.3) is 0 Å². The van der Waals surface area contributed by atoms with Crippen molar-refractivity contribution in [3.63, 3.8) is 0 Å². The fourth-order valence-corrected chi connectivity index (χ4v) is 4.70. The van der Waals surface area contributed by atoms with E-state index in [0.717, 1.165) is 24.1 Å². The van der Waals surface area contributed by atoms with E-state index in [-0.39, 0.29) is 17.9 Å². The first kappa shape index (κ1) is 15.0. The van der Waals surface area contributed by atoms with Gasteiger partial charge in [-0.15, -0.1) is 11.3 Å². The maximum absolute atomic E-state index is 12.4. The molecule has 0 amide bonds. The number of rotatable bonds is 5. The van der Waals surface area contributed by atoms with Crippen LogP contribution in [0.1, 0.15) is 37.1 Å². The summed E-state index contributed by atoms with van der Waals surface area (Å²) in [5.74, 6) is 0.0964. The quantitative estimate of drug-likeness (QED) is 0.840. The van der Waals surface area contributed by atoms with Crippen molar-refractivity contribution in [2.24, 2.45) is 0 Å². The van der Waals surface area contributed by atoms with Crippen molar-refractivity contribution in [2.75, 3.05) is 19.4 Å². The molecule has 6 heteroatoms. The SMILES string of the molecule is C[C@H](c1cccs1)N(C)S(=O)(=O)C[C@H]1CCCCO1. The highest BCUT2D eigenvalue weighted by Gasteiger charge is 2.29. The number of sulfonamides is 1. The second kappa shape index (κ2) is 6.35. The Hall–Kier alpha value is -0.430. The van der Waals surface area contributed by atoms with Crippen molar-refractivity contribution in [3.05, 3.63) is 22.4 Å². The Bertz CT molecular complexity index is 478. The minimum Gasteiger partial charge on any atom is -0.377 e. The van der Waals surface area contributed by atoms with E-state index in [1.165, 1.54) is 4.31 Å². The summed E-state index contributed by atoms with van der Waals surface area (Å²) in [7, 11) is -1.61. The van der Waals surface area contributed by atoms with E-state index in [1.807, 2.05) is 24.4 Å². The highest BCUT2D eigenvalue weighted by molar-refractivity contribution is 7.89. The summed E-state index contributed by atoms with van der Waals surface area (Å²) in [5.41, 5.74) is 0. The molecule has 1 saturated heterocycles. The van der Waals surface area contributed by atoms with Crippen LogP contribution in [0, 0.1) is 0 Å². The highest BCUT2D eigenvalue weighted by Crippen LogP contribution is 2.26. The summed E-state index contributed by atoms with van der Waals surface area (Å²) >= 11 is 1.58. The van der Waals surface area contributed by atoms with Gasteiger partial charge in [0.05, 0.1) is 17.9 Å². The van der Waals surface area contributed by atoms with Crippen molar-refractivity contribution in [1.82, 2.24) is 4.31 Å². The maximum Gasteiger partial charge on any atom is 0.216 e. The van der Waals surface area contributed by atoms with Crippen LogP contribution >= 0.6 is 11.3 Å². The molecule has 0 aromatic carbocycles. The Morgan fingerprint density at radius 1 is 1.53 bits per heavy atom. The van der Waals surface area contributed by atoms with Gasteiger partial charge in [-0.3, -0.25) is 0 Å². The van der Waals surface area contributed by atoms with Gasteiger partial charge in [-0.25, -0.2) is 8.42 Å². The first-order chi connectivity index (χ1) is 9.00. The number of hydrogen-bond acceptors (Lipinski definition) is 4. The smallest absolute Gasteiger partial charge is 0.216 e. The van der Waals surface area contributed by atoms with Crippen molar-refractivity contribution < 1.29 is 13.2 Å². The number of nitrogens with zero attached hydrogens (tertiary/aromatic N) is 1. The van der Waals surface area contributed by atoms with E-state index in [1.54, 1.807) is 18.4 Å². The molecule has 0 aliphatic carbocycles. The van der Waals surface area contributed by atoms with Gasteiger partial charge >= 0.3 is 0 Å². The molecule has 1 aromatic heterocycles. The fraction of sp³-hybridized carbons (Fsp3) is 0.692. The molecule has 19 heavy (non-hydrogen) atoms. The predicted octanol–water partition coefficient (Wildman–Crippen LogP) is 2.64. The third-order valence-electron chi connectivity index (χ3n) is 3.61. The minimum absolute atomic E-state index is 0.0964. The van der Waals surface area contributed by atoms with Gasteiger partial charge in [-0.1, -0.05) is 6.07 Å². The van der Waals surface area contributed by atoms with Gasteiger partial charge in [-0.05, 0) is 37.6 Å². The van der Waals surface area contributed by atoms with Crippen LogP contribution in [0.4, 0.5) is 0 Å². The molecule has 2 rings (SSSR count). The van der Waals surface area contributed by atoms with E-state index in [0.29, 0.717) is 6.61 Å². The van der Waals surface area contributed by atoms with Crippen molar-refractivity contribution in [1.29, 1.82) is 0 Å². The molecule has 108 valence electrons. The molecule has 2 heterocycles. The van der Waals surface area contributed by atoms with Gasteiger partial charge in [0.1, 0.15) is 0 Å². The predicted molar refractivity (Wildman–Crippen MR) is 77.9 cm³/mol. The third-order valence-corrected chi connectivity index (χ3v) is 6.64. The van der Waals surface area contributed by atoms with Gasteiger partial charge in [0.2, 0.25) is 10.0 Å². The lowest BCUT2D eigenvalue weighted by Gasteiger charge is -2.28. The molecule has 4 nitrogen and oxygen atoms in total. The summed E-state index contributed by atoms with van der Waals surface area (Å²) in [4.78, 5) is 1.07. The largest absolute Gasteiger partial charge is 0.377 e. The lowest BCUT2D eigenvalue weighted by Crippen LogP contribution is -2.37. The molecule has 0 spiro atoms. The summed E-state index contributed by atoms with van der Waals surface area (Å²) < 4.78 is 31.8. The number of thiophene rings is 1. The molecule has 1 aliphatic rings. The molecular formula is C13H21NO3S2. The Morgan fingerprint density at radius 2 is 2.32 bits per heavy atom. The van der Waals surface area contributed by atoms with Crippen LogP contribution in [0.5, 0.6) is 0 Å². The number of ether oxygens (including phenoxy) is 1. The van der Waals surface area contributed by atoms with E-state index >= 15 is 0 Å². The molecule has 0 radical (unpaired) electrons. The van der Waals surface area contributed by atoms with Crippen LogP contribution in [0.3, 0.4) is 0 Å². The Labute approximate surface area is 119 Å². The van der Waals surface area contributed by atoms with Crippen molar-refractivity contribution >= 4 is 21.4 Å². The van der Waals surface area contributed by atoms with Crippen LogP contribution in [-0.2, 0) is 14.8 Å². The van der Waals surface area contributed by atoms with Gasteiger partial charge in [-0.2, -0.15) is 4.31 Å². The van der Waals surface area contributed by atoms with Crippen LogP contribution in [0.25, 0.3) is 0 Å². The summed E-state index contributed by atoms with van der Waals surface area (Å²) in [5, 5.41) is 1.97. The third kappa shape index (κ3) is 3.78. The first-order valence-corrected chi connectivity index (χ1v) is 9.10. The molecule has 0 bridgehead atoms. The summed E-state index contributed by atoms with van der Waals surface area (Å²) in [6.45, 7) is 2.61. The van der Waals surface area contributed by atoms with E-state index in [2.05, 4.69) is 0 Å². The van der Waals surface area contributed by atoms with E-state index < -0.39 is 10.0 Å². The van der Waals surface area contributed by atoms with E-state index in [9.17, 15) is 8.42 Å². The molecule has 0 unspecified atom stereocenters. The molecular weight excluding hydrogens is 282 g/mol. The first-order valence-electron chi connectivity index (χ1n) is 6.61. The van der Waals surface area contributed by atoms with Crippen LogP contribution in [-0.4, -0.2) is 38.2 Å². The minimum atomic E-state index is -3.27. The summed E-state index contributed by atoms with van der Waals surface area (Å²) in [6, 6.07) is 3.80. The molecule has 1 aromatic rings. The Morgan fingerprint density at radius 3 is 2.89 bits per heavy atom. The molecule has 0 saturated carbocycles. The number of hydrogen-bond donors (Lipinski definition) is 0. The van der Waals surface area contributed by atoms with Crippen LogP contribution in [0.15, 0.2) is 17.5 Å². The van der Waals surface area contributed by atoms with Gasteiger partial charge in [0, 0.05) is 18.5 Å². The molecule has 1 aliphatic heterocycles. The lowest BCUT2D eigenvalue weighted by atomic mass is 10.1. The monoisotopic (exact) mass is 303 g/mol. The maximum atomic E-state index is 12.4. The zero-order chi connectivity index (χ0) is 13.9. The Balaban J connectivity index is 2.01. The van der Waals surface area contributed by atoms with Crippen molar-refractivity contribution in [3.8, 4) is 0 Å². The second-order valence-corrected chi connectivity index (χ2v) is 8.03. The van der Waals surface area contributed by atoms with E-state index in [4.69, 9.17) is 4.74 Å². The van der Waals surface area contributed by atoms with Crippen LogP contribution < -0.4 is 0 Å². The molecule has 0 N–H and O–H groups in total. The average molecular weight is 303 g/mol. The average Bonchev–Trinajstić information content (AvgIpc) is 2.91. The normalized spacial score (nSPS) is 22.6. The zero-order valence-electron chi connectivity index (χ0n) is 11.4. The van der Waals surface area contributed by atoms with Crippen molar-refractivity contribution in [2.45, 2.75) is 38.3 Å². The second-order valence-electron chi connectivity index (χ2n) is 4.97. The standard InChI is InChI=1S/C13H21NO3S2/c1-11(13-7-5-9-18-13)14(2)19(15,16)10-12-6-3-4-8-17-12/h5,7,9,11-12H,3-4,6,8,10H2,1-2H3/t11-,12-/m1/s1. The van der Waals surface area contributed by atoms with Gasteiger partial charge < -0.3 is 4.74 Å². The zero-order valence-corrected chi connectivity index (χ0v) is 13.0. The van der Waals surface area contributed by atoms with Gasteiger partial charge in [0.15, 0.2) is 0 Å². The summed E-state index contributed by atoms with van der Waals surface area (Å²) in [6.07, 6.45) is 2.81.